The van der Waals surface area contributed by atoms with Crippen LogP contribution in [0.25, 0.3) is 11.3 Å². The molecule has 1 aromatic heterocycles. The summed E-state index contributed by atoms with van der Waals surface area (Å²) in [7, 11) is 0. The van der Waals surface area contributed by atoms with Crippen LogP contribution < -0.4 is 15.0 Å². The summed E-state index contributed by atoms with van der Waals surface area (Å²) in [5, 5.41) is 7.55. The molecule has 1 N–H and O–H groups in total. The maximum atomic E-state index is 12.4. The second kappa shape index (κ2) is 8.97. The summed E-state index contributed by atoms with van der Waals surface area (Å²) < 4.78 is 13.4. The van der Waals surface area contributed by atoms with E-state index in [-0.39, 0.29) is 12.0 Å². The van der Waals surface area contributed by atoms with E-state index in [1.165, 1.54) is 12.5 Å². The number of carbonyl (C=O) groups excluding carboxylic acids is 2. The molecule has 2 aliphatic rings. The summed E-state index contributed by atoms with van der Waals surface area (Å²) in [6.45, 7) is 3.46. The average Bonchev–Trinajstić information content (AvgIpc) is 3.35. The normalized spacial score (nSPS) is 16.9. The van der Waals surface area contributed by atoms with Gasteiger partial charge in [0.1, 0.15) is 11.9 Å². The second-order valence-electron chi connectivity index (χ2n) is 8.33. The Balaban J connectivity index is 1.34. The Morgan fingerprint density at radius 1 is 1.21 bits per heavy atom. The van der Waals surface area contributed by atoms with Gasteiger partial charge in [-0.25, -0.2) is 4.79 Å². The van der Waals surface area contributed by atoms with Gasteiger partial charge in [0, 0.05) is 43.3 Å². The molecule has 3 heterocycles. The first-order chi connectivity index (χ1) is 16.1. The number of aromatic nitrogens is 2. The Hall–Kier alpha value is -3.81. The monoisotopic (exact) mass is 446 g/mol. The topological polar surface area (TPSA) is 85.7 Å². The molecule has 1 unspecified atom stereocenters. The summed E-state index contributed by atoms with van der Waals surface area (Å²) in [6, 6.07) is 16.1. The van der Waals surface area contributed by atoms with Gasteiger partial charge in [-0.05, 0) is 24.1 Å². The zero-order valence-electron chi connectivity index (χ0n) is 18.5. The number of cyclic esters (lactones) is 1. The zero-order chi connectivity index (χ0) is 22.8. The number of hydrogen-bond donors (Lipinski definition) is 1. The van der Waals surface area contributed by atoms with Crippen molar-refractivity contribution in [2.75, 3.05) is 24.6 Å². The highest BCUT2D eigenvalue weighted by atomic mass is 16.6. The first-order valence-corrected chi connectivity index (χ1v) is 11.2. The van der Waals surface area contributed by atoms with E-state index in [0.717, 1.165) is 36.2 Å². The van der Waals surface area contributed by atoms with Crippen molar-refractivity contribution < 1.29 is 19.1 Å². The van der Waals surface area contributed by atoms with E-state index >= 15 is 0 Å². The lowest BCUT2D eigenvalue weighted by Gasteiger charge is -2.16. The highest BCUT2D eigenvalue weighted by Crippen LogP contribution is 2.38. The van der Waals surface area contributed by atoms with Gasteiger partial charge < -0.3 is 14.8 Å². The Morgan fingerprint density at radius 3 is 2.88 bits per heavy atom. The number of nitrogens with zero attached hydrogens (tertiary/aromatic N) is 3. The number of carbonyl (C=O) groups is 2. The highest BCUT2D eigenvalue weighted by Gasteiger charge is 2.33. The van der Waals surface area contributed by atoms with Crippen LogP contribution in [-0.4, -0.2) is 47.6 Å². The van der Waals surface area contributed by atoms with Crippen LogP contribution in [0.4, 0.5) is 10.5 Å². The molecule has 1 fully saturated rings. The molecule has 5 rings (SSSR count). The minimum atomic E-state index is -0.426. The molecule has 8 nitrogen and oxygen atoms in total. The van der Waals surface area contributed by atoms with E-state index in [0.29, 0.717) is 31.1 Å². The van der Waals surface area contributed by atoms with Gasteiger partial charge in [0.2, 0.25) is 5.91 Å². The second-order valence-corrected chi connectivity index (χ2v) is 8.33. The van der Waals surface area contributed by atoms with Crippen molar-refractivity contribution in [2.45, 2.75) is 32.4 Å². The summed E-state index contributed by atoms with van der Waals surface area (Å²) in [4.78, 5) is 25.1. The third-order valence-electron chi connectivity index (χ3n) is 5.92. The van der Waals surface area contributed by atoms with Gasteiger partial charge in [0.25, 0.3) is 0 Å². The number of amides is 2. The third-order valence-corrected chi connectivity index (χ3v) is 5.92. The molecule has 0 saturated carbocycles. The third kappa shape index (κ3) is 4.55. The number of ether oxygens (including phenoxy) is 2. The zero-order valence-corrected chi connectivity index (χ0v) is 18.5. The molecule has 170 valence electrons. The standard InChI is InChI=1S/C25H26N4O4/c1-17(30)26-14-21-16-29(25(31)33-21)20-7-8-22-23(13-20)32-12-10-19-15-28(27-24(19)22)11-9-18-5-3-2-4-6-18/h2-8,13,15,21H,9-12,14,16H2,1H3,(H,26,30). The summed E-state index contributed by atoms with van der Waals surface area (Å²) in [6.07, 6.45) is 2.99. The van der Waals surface area contributed by atoms with Gasteiger partial charge in [0.05, 0.1) is 31.1 Å². The molecule has 1 saturated heterocycles. The van der Waals surface area contributed by atoms with Crippen LogP contribution in [0.2, 0.25) is 0 Å². The lowest BCUT2D eigenvalue weighted by Crippen LogP contribution is -2.33. The number of fused-ring (bicyclic) bond motifs is 3. The molecule has 2 amide bonds. The Labute approximate surface area is 192 Å². The van der Waals surface area contributed by atoms with Crippen LogP contribution in [-0.2, 0) is 28.9 Å². The van der Waals surface area contributed by atoms with Crippen LogP contribution in [0.5, 0.6) is 5.75 Å². The van der Waals surface area contributed by atoms with Crippen molar-refractivity contribution in [1.29, 1.82) is 0 Å². The molecule has 1 atom stereocenters. The minimum Gasteiger partial charge on any atom is -0.492 e. The summed E-state index contributed by atoms with van der Waals surface area (Å²) in [5.74, 6) is 0.555. The molecule has 8 heteroatoms. The molecule has 33 heavy (non-hydrogen) atoms. The molecule has 0 aliphatic carbocycles. The van der Waals surface area contributed by atoms with E-state index in [1.807, 2.05) is 28.9 Å². The average molecular weight is 447 g/mol. The number of hydrogen-bond acceptors (Lipinski definition) is 5. The van der Waals surface area contributed by atoms with Crippen molar-refractivity contribution in [1.82, 2.24) is 15.1 Å². The number of anilines is 1. The van der Waals surface area contributed by atoms with Gasteiger partial charge in [-0.15, -0.1) is 0 Å². The van der Waals surface area contributed by atoms with Crippen molar-refractivity contribution in [3.8, 4) is 17.0 Å². The van der Waals surface area contributed by atoms with Gasteiger partial charge in [-0.3, -0.25) is 14.4 Å². The molecule has 3 aromatic rings. The van der Waals surface area contributed by atoms with Gasteiger partial charge in [0.15, 0.2) is 0 Å². The number of rotatable bonds is 6. The van der Waals surface area contributed by atoms with Crippen LogP contribution >= 0.6 is 0 Å². The van der Waals surface area contributed by atoms with Crippen LogP contribution in [0, 0.1) is 0 Å². The maximum absolute atomic E-state index is 12.4. The largest absolute Gasteiger partial charge is 0.492 e. The number of benzene rings is 2. The first kappa shape index (κ1) is 21.1. The van der Waals surface area contributed by atoms with Crippen LogP contribution in [0.1, 0.15) is 18.1 Å². The van der Waals surface area contributed by atoms with E-state index in [2.05, 4.69) is 35.8 Å². The van der Waals surface area contributed by atoms with Crippen molar-refractivity contribution in [3.63, 3.8) is 0 Å². The highest BCUT2D eigenvalue weighted by molar-refractivity contribution is 5.91. The van der Waals surface area contributed by atoms with Crippen molar-refractivity contribution in [2.24, 2.45) is 0 Å². The molecule has 2 aliphatic heterocycles. The van der Waals surface area contributed by atoms with E-state index < -0.39 is 6.09 Å². The van der Waals surface area contributed by atoms with Crippen LogP contribution in [0.3, 0.4) is 0 Å². The van der Waals surface area contributed by atoms with Gasteiger partial charge >= 0.3 is 6.09 Å². The van der Waals surface area contributed by atoms with Gasteiger partial charge in [-0.2, -0.15) is 5.10 Å². The quantitative estimate of drug-likeness (QED) is 0.629. The maximum Gasteiger partial charge on any atom is 0.414 e. The Kier molecular flexibility index (Phi) is 5.73. The first-order valence-electron chi connectivity index (χ1n) is 11.2. The summed E-state index contributed by atoms with van der Waals surface area (Å²) in [5.41, 5.74) is 4.99. The molecular weight excluding hydrogens is 420 g/mol. The van der Waals surface area contributed by atoms with E-state index in [9.17, 15) is 9.59 Å². The predicted molar refractivity (Wildman–Crippen MR) is 123 cm³/mol. The van der Waals surface area contributed by atoms with E-state index in [1.54, 1.807) is 4.90 Å². The number of aryl methyl sites for hydroxylation is 2. The molecular formula is C25H26N4O4. The summed E-state index contributed by atoms with van der Waals surface area (Å²) >= 11 is 0. The fraction of sp³-hybridized carbons (Fsp3) is 0.320. The van der Waals surface area contributed by atoms with E-state index in [4.69, 9.17) is 14.6 Å². The fourth-order valence-electron chi connectivity index (χ4n) is 4.24. The molecule has 2 aromatic carbocycles. The predicted octanol–water partition coefficient (Wildman–Crippen LogP) is 3.19. The molecule has 0 spiro atoms. The molecule has 0 radical (unpaired) electrons. The molecule has 0 bridgehead atoms. The SMILES string of the molecule is CC(=O)NCC1CN(c2ccc3c(c2)OCCc2cn(CCc4ccccc4)nc2-3)C(=O)O1. The van der Waals surface area contributed by atoms with Gasteiger partial charge in [-0.1, -0.05) is 30.3 Å². The van der Waals surface area contributed by atoms with Crippen molar-refractivity contribution in [3.05, 3.63) is 65.9 Å². The fourth-order valence-corrected chi connectivity index (χ4v) is 4.24. The smallest absolute Gasteiger partial charge is 0.414 e. The Bertz CT molecular complexity index is 1170. The Morgan fingerprint density at radius 2 is 2.06 bits per heavy atom. The number of nitrogens with one attached hydrogen (secondary N) is 1. The lowest BCUT2D eigenvalue weighted by atomic mass is 10.1. The van der Waals surface area contributed by atoms with Crippen molar-refractivity contribution >= 4 is 17.7 Å². The van der Waals surface area contributed by atoms with Crippen LogP contribution in [0.15, 0.2) is 54.7 Å². The lowest BCUT2D eigenvalue weighted by molar-refractivity contribution is -0.119. The minimum absolute atomic E-state index is 0.151.